The van der Waals surface area contributed by atoms with Gasteiger partial charge in [0.15, 0.2) is 4.32 Å². The number of aryl methyl sites for hydroxylation is 1. The summed E-state index contributed by atoms with van der Waals surface area (Å²) in [5.41, 5.74) is 2.89. The van der Waals surface area contributed by atoms with Crippen molar-refractivity contribution in [1.29, 1.82) is 0 Å². The Bertz CT molecular complexity index is 1070. The number of anilines is 2. The van der Waals surface area contributed by atoms with Gasteiger partial charge in [-0.05, 0) is 24.6 Å². The highest BCUT2D eigenvalue weighted by atomic mass is 32.2. The first-order chi connectivity index (χ1) is 12.9. The van der Waals surface area contributed by atoms with Crippen LogP contribution in [0.2, 0.25) is 0 Å². The fourth-order valence-corrected chi connectivity index (χ4v) is 4.65. The number of hydrogen-bond donors (Lipinski definition) is 0. The molecule has 5 nitrogen and oxygen atoms in total. The van der Waals surface area contributed by atoms with Gasteiger partial charge in [-0.25, -0.2) is 4.90 Å². The predicted molar refractivity (Wildman–Crippen MR) is 110 cm³/mol. The molecule has 1 fully saturated rings. The van der Waals surface area contributed by atoms with Gasteiger partial charge in [0.1, 0.15) is 0 Å². The van der Waals surface area contributed by atoms with Crippen LogP contribution < -0.4 is 9.80 Å². The Morgan fingerprint density at radius 1 is 0.963 bits per heavy atom. The fourth-order valence-electron chi connectivity index (χ4n) is 3.29. The quantitative estimate of drug-likeness (QED) is 0.546. The Labute approximate surface area is 165 Å². The van der Waals surface area contributed by atoms with E-state index in [1.165, 1.54) is 11.8 Å². The number of thiocarbonyl (C=S) groups is 1. The molecule has 2 aliphatic heterocycles. The second-order valence-electron chi connectivity index (χ2n) is 6.18. The monoisotopic (exact) mass is 394 g/mol. The van der Waals surface area contributed by atoms with Crippen molar-refractivity contribution in [2.24, 2.45) is 0 Å². The van der Waals surface area contributed by atoms with E-state index >= 15 is 0 Å². The van der Waals surface area contributed by atoms with E-state index < -0.39 is 11.8 Å². The number of benzene rings is 2. The van der Waals surface area contributed by atoms with Crippen LogP contribution in [0.25, 0.3) is 5.57 Å². The van der Waals surface area contributed by atoms with Crippen LogP contribution in [0.4, 0.5) is 11.4 Å². The standard InChI is InChI=1S/C20H14N2O3S2/c1-11-7-3-5-9-14(11)22-19(25)17(27-20(22)26)16-13-8-4-6-10-15(13)21(12(2)23)18(16)24/h3-10H,1-2H3/b17-16+. The van der Waals surface area contributed by atoms with Gasteiger partial charge in [-0.1, -0.05) is 60.4 Å². The van der Waals surface area contributed by atoms with Crippen LogP contribution in [-0.4, -0.2) is 22.0 Å². The van der Waals surface area contributed by atoms with Crippen molar-refractivity contribution in [1.82, 2.24) is 0 Å². The molecule has 2 heterocycles. The second kappa shape index (κ2) is 6.44. The number of amides is 3. The third-order valence-electron chi connectivity index (χ3n) is 4.50. The van der Waals surface area contributed by atoms with E-state index in [1.807, 2.05) is 31.2 Å². The summed E-state index contributed by atoms with van der Waals surface area (Å²) in [6.45, 7) is 3.23. The van der Waals surface area contributed by atoms with Gasteiger partial charge in [-0.2, -0.15) is 0 Å². The lowest BCUT2D eigenvalue weighted by atomic mass is 10.1. The highest BCUT2D eigenvalue weighted by Gasteiger charge is 2.43. The summed E-state index contributed by atoms with van der Waals surface area (Å²) in [7, 11) is 0. The van der Waals surface area contributed by atoms with Crippen LogP contribution in [-0.2, 0) is 14.4 Å². The molecule has 0 saturated carbocycles. The van der Waals surface area contributed by atoms with Crippen molar-refractivity contribution in [3.63, 3.8) is 0 Å². The smallest absolute Gasteiger partial charge is 0.271 e. The molecule has 0 bridgehead atoms. The van der Waals surface area contributed by atoms with E-state index in [9.17, 15) is 14.4 Å². The van der Waals surface area contributed by atoms with Gasteiger partial charge < -0.3 is 0 Å². The lowest BCUT2D eigenvalue weighted by molar-refractivity contribution is -0.122. The molecule has 2 aromatic rings. The number of imide groups is 1. The van der Waals surface area contributed by atoms with Gasteiger partial charge >= 0.3 is 0 Å². The lowest BCUT2D eigenvalue weighted by Crippen LogP contribution is -2.32. The summed E-state index contributed by atoms with van der Waals surface area (Å²) in [5.74, 6) is -1.23. The number of nitrogens with zero attached hydrogens (tertiary/aromatic N) is 2. The molecule has 2 aromatic carbocycles. The highest BCUT2D eigenvalue weighted by Crippen LogP contribution is 2.45. The molecule has 0 atom stereocenters. The van der Waals surface area contributed by atoms with Crippen LogP contribution in [0.5, 0.6) is 0 Å². The van der Waals surface area contributed by atoms with Gasteiger partial charge in [0.25, 0.3) is 11.8 Å². The van der Waals surface area contributed by atoms with E-state index in [0.717, 1.165) is 22.2 Å². The second-order valence-corrected chi connectivity index (χ2v) is 7.82. The number of thioether (sulfide) groups is 1. The molecule has 0 N–H and O–H groups in total. The summed E-state index contributed by atoms with van der Waals surface area (Å²) in [5, 5.41) is 0. The molecule has 27 heavy (non-hydrogen) atoms. The number of carbonyl (C=O) groups excluding carboxylic acids is 3. The van der Waals surface area contributed by atoms with Crippen molar-refractivity contribution < 1.29 is 14.4 Å². The normalized spacial score (nSPS) is 19.1. The van der Waals surface area contributed by atoms with Crippen molar-refractivity contribution >= 4 is 63.0 Å². The lowest BCUT2D eigenvalue weighted by Gasteiger charge is -2.17. The first kappa shape index (κ1) is 17.6. The van der Waals surface area contributed by atoms with Crippen LogP contribution in [0.1, 0.15) is 18.1 Å². The van der Waals surface area contributed by atoms with E-state index in [0.29, 0.717) is 21.3 Å². The van der Waals surface area contributed by atoms with Gasteiger partial charge in [-0.15, -0.1) is 0 Å². The Morgan fingerprint density at radius 3 is 2.26 bits per heavy atom. The molecule has 4 rings (SSSR count). The molecule has 0 unspecified atom stereocenters. The van der Waals surface area contributed by atoms with Crippen LogP contribution in [0.15, 0.2) is 53.4 Å². The first-order valence-electron chi connectivity index (χ1n) is 8.22. The predicted octanol–water partition coefficient (Wildman–Crippen LogP) is 3.66. The summed E-state index contributed by atoms with van der Waals surface area (Å²) in [4.78, 5) is 41.0. The maximum absolute atomic E-state index is 13.2. The van der Waals surface area contributed by atoms with Crippen LogP contribution in [0.3, 0.4) is 0 Å². The largest absolute Gasteiger partial charge is 0.274 e. The van der Waals surface area contributed by atoms with E-state index in [-0.39, 0.29) is 16.4 Å². The summed E-state index contributed by atoms with van der Waals surface area (Å²) >= 11 is 6.52. The van der Waals surface area contributed by atoms with E-state index in [2.05, 4.69) is 0 Å². The maximum atomic E-state index is 13.2. The zero-order chi connectivity index (χ0) is 19.3. The van der Waals surface area contributed by atoms with Crippen molar-refractivity contribution in [2.45, 2.75) is 13.8 Å². The Morgan fingerprint density at radius 2 is 1.59 bits per heavy atom. The summed E-state index contributed by atoms with van der Waals surface area (Å²) in [6.07, 6.45) is 0. The third-order valence-corrected chi connectivity index (χ3v) is 5.87. The third kappa shape index (κ3) is 2.62. The average Bonchev–Trinajstić information content (AvgIpc) is 3.08. The molecule has 0 aliphatic carbocycles. The Hall–Kier alpha value is -2.77. The maximum Gasteiger partial charge on any atom is 0.271 e. The summed E-state index contributed by atoms with van der Waals surface area (Å²) in [6, 6.07) is 14.4. The minimum atomic E-state index is -0.492. The van der Waals surface area contributed by atoms with Gasteiger partial charge in [0.05, 0.1) is 21.9 Å². The van der Waals surface area contributed by atoms with Crippen molar-refractivity contribution in [3.8, 4) is 0 Å². The number of rotatable bonds is 1. The molecule has 0 spiro atoms. The number of hydrogen-bond acceptors (Lipinski definition) is 5. The SMILES string of the molecule is CC(=O)N1C(=O)/C(=C2/SC(=S)N(c3ccccc3C)C2=O)c2ccccc21. The van der Waals surface area contributed by atoms with Gasteiger partial charge in [-0.3, -0.25) is 19.3 Å². The molecule has 0 radical (unpaired) electrons. The Balaban J connectivity index is 1.89. The first-order valence-corrected chi connectivity index (χ1v) is 9.45. The molecule has 2 aliphatic rings. The topological polar surface area (TPSA) is 57.7 Å². The van der Waals surface area contributed by atoms with Gasteiger partial charge in [0, 0.05) is 12.5 Å². The molecule has 134 valence electrons. The number of para-hydroxylation sites is 2. The molecular formula is C20H14N2O3S2. The number of fused-ring (bicyclic) bond motifs is 1. The fraction of sp³-hybridized carbons (Fsp3) is 0.100. The van der Waals surface area contributed by atoms with Crippen LogP contribution in [0, 0.1) is 6.92 Å². The highest BCUT2D eigenvalue weighted by molar-refractivity contribution is 8.27. The molecule has 3 amide bonds. The van der Waals surface area contributed by atoms with Crippen LogP contribution >= 0.6 is 24.0 Å². The minimum Gasteiger partial charge on any atom is -0.274 e. The van der Waals surface area contributed by atoms with Crippen molar-refractivity contribution in [3.05, 3.63) is 64.6 Å². The molecule has 1 saturated heterocycles. The van der Waals surface area contributed by atoms with Gasteiger partial charge in [0.2, 0.25) is 5.91 Å². The summed E-state index contributed by atoms with van der Waals surface area (Å²) < 4.78 is 0.364. The van der Waals surface area contributed by atoms with E-state index in [4.69, 9.17) is 12.2 Å². The zero-order valence-electron chi connectivity index (χ0n) is 14.6. The molecular weight excluding hydrogens is 380 g/mol. The Kier molecular flexibility index (Phi) is 4.20. The van der Waals surface area contributed by atoms with Crippen molar-refractivity contribution in [2.75, 3.05) is 9.80 Å². The van der Waals surface area contributed by atoms with E-state index in [1.54, 1.807) is 24.3 Å². The average molecular weight is 394 g/mol. The zero-order valence-corrected chi connectivity index (χ0v) is 16.2. The minimum absolute atomic E-state index is 0.231. The number of carbonyl (C=O) groups is 3. The molecule has 7 heteroatoms. The molecule has 0 aromatic heterocycles.